The highest BCUT2D eigenvalue weighted by molar-refractivity contribution is 5.92. The fourth-order valence-electron chi connectivity index (χ4n) is 3.57. The molecule has 0 aromatic rings. The van der Waals surface area contributed by atoms with Gasteiger partial charge in [-0.25, -0.2) is 4.79 Å². The van der Waals surface area contributed by atoms with Gasteiger partial charge in [-0.05, 0) is 37.3 Å². The highest BCUT2D eigenvalue weighted by atomic mass is 16.7. The molecule has 0 saturated heterocycles. The normalized spacial score (nSPS) is 34.0. The minimum absolute atomic E-state index is 0.229. The van der Waals surface area contributed by atoms with Gasteiger partial charge in [-0.1, -0.05) is 18.6 Å². The summed E-state index contributed by atoms with van der Waals surface area (Å²) in [5.74, 6) is -0.713. The Hall–Kier alpha value is -1.35. The molecule has 102 valence electrons. The van der Waals surface area contributed by atoms with Gasteiger partial charge in [0.05, 0.1) is 0 Å². The second kappa shape index (κ2) is 4.07. The van der Waals surface area contributed by atoms with E-state index in [2.05, 4.69) is 19.9 Å². The molecule has 1 fully saturated rings. The van der Waals surface area contributed by atoms with Gasteiger partial charge in [0.25, 0.3) is 0 Å². The highest BCUT2D eigenvalue weighted by Gasteiger charge is 2.50. The van der Waals surface area contributed by atoms with Crippen LogP contribution in [0.3, 0.4) is 0 Å². The van der Waals surface area contributed by atoms with Crippen LogP contribution in [0.5, 0.6) is 0 Å². The molecule has 1 heterocycles. The lowest BCUT2D eigenvalue weighted by molar-refractivity contribution is -0.197. The molecule has 0 N–H and O–H groups in total. The molecule has 0 spiro atoms. The lowest BCUT2D eigenvalue weighted by atomic mass is 9.93. The molecule has 3 aliphatic rings. The molecule has 0 aromatic carbocycles. The first kappa shape index (κ1) is 12.7. The predicted molar refractivity (Wildman–Crippen MR) is 72.3 cm³/mol. The Kier molecular flexibility index (Phi) is 2.72. The molecule has 0 bridgehead atoms. The van der Waals surface area contributed by atoms with E-state index in [4.69, 9.17) is 9.47 Å². The van der Waals surface area contributed by atoms with Gasteiger partial charge in [-0.2, -0.15) is 0 Å². The maximum Gasteiger partial charge on any atom is 0.336 e. The van der Waals surface area contributed by atoms with Gasteiger partial charge in [0.15, 0.2) is 0 Å². The molecule has 0 aromatic heterocycles. The van der Waals surface area contributed by atoms with Gasteiger partial charge in [-0.3, -0.25) is 0 Å². The van der Waals surface area contributed by atoms with E-state index in [1.807, 2.05) is 6.92 Å². The molecule has 0 radical (unpaired) electrons. The highest BCUT2D eigenvalue weighted by Crippen LogP contribution is 2.50. The topological polar surface area (TPSA) is 35.5 Å². The van der Waals surface area contributed by atoms with Crippen molar-refractivity contribution < 1.29 is 14.3 Å². The number of hydrogen-bond donors (Lipinski definition) is 0. The summed E-state index contributed by atoms with van der Waals surface area (Å²) in [6.07, 6.45) is 4.85. The fraction of sp³-hybridized carbons (Fsp3) is 0.562. The Morgan fingerprint density at radius 1 is 1.42 bits per heavy atom. The van der Waals surface area contributed by atoms with Crippen molar-refractivity contribution in [1.29, 1.82) is 0 Å². The van der Waals surface area contributed by atoms with Crippen LogP contribution in [0.15, 0.2) is 33.9 Å². The van der Waals surface area contributed by atoms with Crippen LogP contribution in [0.25, 0.3) is 0 Å². The van der Waals surface area contributed by atoms with Crippen LogP contribution >= 0.6 is 0 Å². The molecule has 1 aliphatic heterocycles. The Balaban J connectivity index is 2.14. The summed E-state index contributed by atoms with van der Waals surface area (Å²) in [6, 6.07) is 0. The Morgan fingerprint density at radius 2 is 2.16 bits per heavy atom. The molecule has 3 rings (SSSR count). The molecule has 2 aliphatic carbocycles. The minimum Gasteiger partial charge on any atom is -0.426 e. The van der Waals surface area contributed by atoms with E-state index in [0.717, 1.165) is 24.0 Å². The van der Waals surface area contributed by atoms with Gasteiger partial charge in [0.2, 0.25) is 5.79 Å². The van der Waals surface area contributed by atoms with E-state index < -0.39 is 5.79 Å². The van der Waals surface area contributed by atoms with Crippen molar-refractivity contribution in [3.8, 4) is 0 Å². The molecule has 0 unspecified atom stereocenters. The van der Waals surface area contributed by atoms with Crippen LogP contribution < -0.4 is 0 Å². The number of fused-ring (bicyclic) bond motifs is 2. The van der Waals surface area contributed by atoms with Crippen molar-refractivity contribution >= 4 is 5.97 Å². The number of carbonyl (C=O) groups is 1. The van der Waals surface area contributed by atoms with Crippen molar-refractivity contribution in [1.82, 2.24) is 0 Å². The molecular formula is C16H20O3. The summed E-state index contributed by atoms with van der Waals surface area (Å²) in [6.45, 7) is 6.22. The molecule has 3 heteroatoms. The first-order valence-corrected chi connectivity index (χ1v) is 6.86. The zero-order valence-electron chi connectivity index (χ0n) is 12.0. The van der Waals surface area contributed by atoms with Gasteiger partial charge in [0, 0.05) is 31.1 Å². The van der Waals surface area contributed by atoms with Crippen LogP contribution in [0.2, 0.25) is 0 Å². The standard InChI is InChI=1S/C16H20O3/c1-9-5-6-12-10(2)8-16(18-4)14(7-13(9)12)11(3)15(17)19-16/h6,10H,5,7-8H2,1-4H3/t10-,16-/m1/s1. The van der Waals surface area contributed by atoms with Crippen molar-refractivity contribution in [3.05, 3.63) is 33.9 Å². The summed E-state index contributed by atoms with van der Waals surface area (Å²) < 4.78 is 11.2. The van der Waals surface area contributed by atoms with Crippen molar-refractivity contribution in [2.75, 3.05) is 7.11 Å². The fourth-order valence-corrected chi connectivity index (χ4v) is 3.57. The minimum atomic E-state index is -0.834. The summed E-state index contributed by atoms with van der Waals surface area (Å²) >= 11 is 0. The lowest BCUT2D eigenvalue weighted by Gasteiger charge is -2.29. The zero-order valence-corrected chi connectivity index (χ0v) is 12.0. The third-order valence-corrected chi connectivity index (χ3v) is 4.76. The third-order valence-electron chi connectivity index (χ3n) is 4.76. The average Bonchev–Trinajstić information content (AvgIpc) is 2.80. The first-order chi connectivity index (χ1) is 8.98. The summed E-state index contributed by atoms with van der Waals surface area (Å²) in [5.41, 5.74) is 5.96. The second-order valence-electron chi connectivity index (χ2n) is 5.85. The SMILES string of the molecule is CO[C@@]12C[C@@H](C)C3=CCC(C)=C3CC1=C(C)C(=O)O2. The van der Waals surface area contributed by atoms with Crippen LogP contribution in [0.4, 0.5) is 0 Å². The predicted octanol–water partition coefficient (Wildman–Crippen LogP) is 3.28. The van der Waals surface area contributed by atoms with E-state index in [9.17, 15) is 4.79 Å². The second-order valence-corrected chi connectivity index (χ2v) is 5.85. The maximum absolute atomic E-state index is 11.9. The number of rotatable bonds is 1. The third kappa shape index (κ3) is 1.64. The van der Waals surface area contributed by atoms with Crippen LogP contribution in [0.1, 0.15) is 40.0 Å². The number of allylic oxidation sites excluding steroid dienone is 4. The van der Waals surface area contributed by atoms with Crippen LogP contribution in [-0.4, -0.2) is 18.9 Å². The van der Waals surface area contributed by atoms with Gasteiger partial charge < -0.3 is 9.47 Å². The van der Waals surface area contributed by atoms with E-state index in [1.165, 1.54) is 16.7 Å². The molecule has 2 atom stereocenters. The molecule has 3 nitrogen and oxygen atoms in total. The number of esters is 1. The van der Waals surface area contributed by atoms with Gasteiger partial charge >= 0.3 is 5.97 Å². The first-order valence-electron chi connectivity index (χ1n) is 6.86. The van der Waals surface area contributed by atoms with Crippen molar-refractivity contribution in [2.45, 2.75) is 45.8 Å². The Morgan fingerprint density at radius 3 is 2.84 bits per heavy atom. The zero-order chi connectivity index (χ0) is 13.8. The summed E-state index contributed by atoms with van der Waals surface area (Å²) in [5, 5.41) is 0. The quantitative estimate of drug-likeness (QED) is 0.679. The average molecular weight is 260 g/mol. The van der Waals surface area contributed by atoms with E-state index in [0.29, 0.717) is 12.3 Å². The molecule has 0 amide bonds. The summed E-state index contributed by atoms with van der Waals surface area (Å²) in [7, 11) is 1.63. The lowest BCUT2D eigenvalue weighted by Crippen LogP contribution is -2.35. The Labute approximate surface area is 114 Å². The smallest absolute Gasteiger partial charge is 0.336 e. The Bertz CT molecular complexity index is 550. The molecule has 19 heavy (non-hydrogen) atoms. The number of methoxy groups -OCH3 is 1. The maximum atomic E-state index is 11.9. The largest absolute Gasteiger partial charge is 0.426 e. The number of ether oxygens (including phenoxy) is 2. The van der Waals surface area contributed by atoms with Crippen LogP contribution in [0, 0.1) is 5.92 Å². The van der Waals surface area contributed by atoms with Crippen LogP contribution in [-0.2, 0) is 14.3 Å². The van der Waals surface area contributed by atoms with Crippen molar-refractivity contribution in [2.24, 2.45) is 5.92 Å². The monoisotopic (exact) mass is 260 g/mol. The number of hydrogen-bond acceptors (Lipinski definition) is 3. The number of carbonyl (C=O) groups excluding carboxylic acids is 1. The van der Waals surface area contributed by atoms with E-state index >= 15 is 0 Å². The van der Waals surface area contributed by atoms with Gasteiger partial charge in [0.1, 0.15) is 0 Å². The molecular weight excluding hydrogens is 240 g/mol. The molecule has 1 saturated carbocycles. The van der Waals surface area contributed by atoms with Crippen molar-refractivity contribution in [3.63, 3.8) is 0 Å². The van der Waals surface area contributed by atoms with Gasteiger partial charge in [-0.15, -0.1) is 0 Å². The summed E-state index contributed by atoms with van der Waals surface area (Å²) in [4.78, 5) is 11.9. The van der Waals surface area contributed by atoms with E-state index in [1.54, 1.807) is 7.11 Å². The van der Waals surface area contributed by atoms with E-state index in [-0.39, 0.29) is 5.97 Å².